The summed E-state index contributed by atoms with van der Waals surface area (Å²) in [5.74, 6) is 0.915. The van der Waals surface area contributed by atoms with Crippen LogP contribution in [0.2, 0.25) is 0 Å². The van der Waals surface area contributed by atoms with Gasteiger partial charge in [-0.25, -0.2) is 4.39 Å². The van der Waals surface area contributed by atoms with Crippen LogP contribution < -0.4 is 10.2 Å². The first-order chi connectivity index (χ1) is 13.6. The van der Waals surface area contributed by atoms with Gasteiger partial charge in [0.1, 0.15) is 17.3 Å². The topological polar surface area (TPSA) is 74.5 Å². The molecule has 1 saturated heterocycles. The van der Waals surface area contributed by atoms with Gasteiger partial charge in [0.05, 0.1) is 0 Å². The van der Waals surface area contributed by atoms with Crippen molar-refractivity contribution < 1.29 is 13.7 Å². The van der Waals surface area contributed by atoms with Crippen molar-refractivity contribution in [2.24, 2.45) is 0 Å². The molecule has 144 valence electrons. The van der Waals surface area contributed by atoms with E-state index in [9.17, 15) is 9.18 Å². The lowest BCUT2D eigenvalue weighted by molar-refractivity contribution is 0.0741. The molecular formula is C20H20FN5O2. The molecule has 4 rings (SSSR count). The zero-order chi connectivity index (χ0) is 19.5. The van der Waals surface area contributed by atoms with Gasteiger partial charge in [-0.05, 0) is 43.3 Å². The number of benzene rings is 1. The van der Waals surface area contributed by atoms with Crippen LogP contribution in [0.4, 0.5) is 21.6 Å². The van der Waals surface area contributed by atoms with Crippen molar-refractivity contribution in [3.8, 4) is 0 Å². The first-order valence-corrected chi connectivity index (χ1v) is 9.05. The molecular weight excluding hydrogens is 361 g/mol. The monoisotopic (exact) mass is 381 g/mol. The van der Waals surface area contributed by atoms with E-state index in [0.717, 1.165) is 11.4 Å². The molecule has 8 heteroatoms. The Labute approximate surface area is 161 Å². The van der Waals surface area contributed by atoms with E-state index < -0.39 is 0 Å². The molecule has 7 nitrogen and oxygen atoms in total. The number of aromatic nitrogens is 2. The Balaban J connectivity index is 1.39. The van der Waals surface area contributed by atoms with Crippen LogP contribution in [0.5, 0.6) is 0 Å². The Morgan fingerprint density at radius 2 is 1.86 bits per heavy atom. The first kappa shape index (κ1) is 18.0. The SMILES string of the molecule is Cc1cc(Nc2ccnc(C(=O)N3CCN(c4ccc(F)cc4)CC3)c2)no1. The predicted octanol–water partition coefficient (Wildman–Crippen LogP) is 3.22. The molecule has 0 atom stereocenters. The Morgan fingerprint density at radius 1 is 1.11 bits per heavy atom. The Bertz CT molecular complexity index is 965. The zero-order valence-corrected chi connectivity index (χ0v) is 15.4. The molecule has 1 N–H and O–H groups in total. The van der Waals surface area contributed by atoms with Gasteiger partial charge < -0.3 is 19.6 Å². The number of rotatable bonds is 4. The number of piperazine rings is 1. The summed E-state index contributed by atoms with van der Waals surface area (Å²) in [7, 11) is 0. The predicted molar refractivity (Wildman–Crippen MR) is 103 cm³/mol. The van der Waals surface area contributed by atoms with Crippen LogP contribution >= 0.6 is 0 Å². The Kier molecular flexibility index (Phi) is 4.92. The van der Waals surface area contributed by atoms with Crippen molar-refractivity contribution in [3.05, 3.63) is 65.9 Å². The van der Waals surface area contributed by atoms with Gasteiger partial charge >= 0.3 is 0 Å². The number of aryl methyl sites for hydroxylation is 1. The smallest absolute Gasteiger partial charge is 0.272 e. The lowest BCUT2D eigenvalue weighted by Crippen LogP contribution is -2.49. The third kappa shape index (κ3) is 3.95. The summed E-state index contributed by atoms with van der Waals surface area (Å²) in [5, 5.41) is 6.99. The lowest BCUT2D eigenvalue weighted by atomic mass is 10.2. The minimum atomic E-state index is -0.252. The summed E-state index contributed by atoms with van der Waals surface area (Å²) in [4.78, 5) is 21.0. The molecule has 0 saturated carbocycles. The molecule has 1 aliphatic rings. The second-order valence-corrected chi connectivity index (χ2v) is 6.63. The van der Waals surface area contributed by atoms with Crippen LogP contribution in [0, 0.1) is 12.7 Å². The number of halogens is 1. The lowest BCUT2D eigenvalue weighted by Gasteiger charge is -2.36. The van der Waals surface area contributed by atoms with E-state index in [1.165, 1.54) is 12.1 Å². The van der Waals surface area contributed by atoms with E-state index in [-0.39, 0.29) is 11.7 Å². The van der Waals surface area contributed by atoms with Crippen molar-refractivity contribution in [2.45, 2.75) is 6.92 Å². The van der Waals surface area contributed by atoms with Gasteiger partial charge in [-0.3, -0.25) is 9.78 Å². The van der Waals surface area contributed by atoms with E-state index in [4.69, 9.17) is 4.52 Å². The van der Waals surface area contributed by atoms with E-state index in [0.29, 0.717) is 43.5 Å². The second kappa shape index (κ2) is 7.67. The third-order valence-electron chi connectivity index (χ3n) is 4.64. The molecule has 2 aromatic heterocycles. The molecule has 0 aliphatic carbocycles. The van der Waals surface area contributed by atoms with Gasteiger partial charge in [0, 0.05) is 49.8 Å². The number of pyridine rings is 1. The molecule has 1 aliphatic heterocycles. The Morgan fingerprint density at radius 3 is 2.54 bits per heavy atom. The fourth-order valence-electron chi connectivity index (χ4n) is 3.18. The maximum Gasteiger partial charge on any atom is 0.272 e. The summed E-state index contributed by atoms with van der Waals surface area (Å²) < 4.78 is 18.1. The van der Waals surface area contributed by atoms with Gasteiger partial charge in [0.25, 0.3) is 5.91 Å². The summed E-state index contributed by atoms with van der Waals surface area (Å²) in [6.45, 7) is 4.35. The zero-order valence-electron chi connectivity index (χ0n) is 15.4. The maximum absolute atomic E-state index is 13.1. The number of anilines is 3. The summed E-state index contributed by atoms with van der Waals surface area (Å²) in [5.41, 5.74) is 2.05. The molecule has 1 fully saturated rings. The van der Waals surface area contributed by atoms with Crippen LogP contribution in [0.3, 0.4) is 0 Å². The van der Waals surface area contributed by atoms with Crippen LogP contribution in [-0.4, -0.2) is 47.1 Å². The van der Waals surface area contributed by atoms with E-state index >= 15 is 0 Å². The first-order valence-electron chi connectivity index (χ1n) is 9.05. The summed E-state index contributed by atoms with van der Waals surface area (Å²) >= 11 is 0. The standard InChI is InChI=1S/C20H20FN5O2/c1-14-12-19(24-28-14)23-16-6-7-22-18(13-16)20(27)26-10-8-25(9-11-26)17-4-2-15(21)3-5-17/h2-7,12-13H,8-11H2,1H3,(H,22,23,24). The van der Waals surface area contributed by atoms with Crippen molar-refractivity contribution >= 4 is 23.1 Å². The number of hydrogen-bond acceptors (Lipinski definition) is 6. The largest absolute Gasteiger partial charge is 0.368 e. The molecule has 0 spiro atoms. The van der Waals surface area contributed by atoms with Crippen molar-refractivity contribution in [1.29, 1.82) is 0 Å². The molecule has 3 aromatic rings. The number of hydrogen-bond donors (Lipinski definition) is 1. The van der Waals surface area contributed by atoms with Crippen LogP contribution in [0.15, 0.2) is 53.2 Å². The highest BCUT2D eigenvalue weighted by atomic mass is 19.1. The van der Waals surface area contributed by atoms with Gasteiger partial charge in [-0.15, -0.1) is 0 Å². The van der Waals surface area contributed by atoms with Crippen LogP contribution in [0.25, 0.3) is 0 Å². The van der Waals surface area contributed by atoms with Gasteiger partial charge in [-0.1, -0.05) is 5.16 Å². The molecule has 0 bridgehead atoms. The van der Waals surface area contributed by atoms with Gasteiger partial charge in [0.2, 0.25) is 0 Å². The fourth-order valence-corrected chi connectivity index (χ4v) is 3.18. The maximum atomic E-state index is 13.1. The highest BCUT2D eigenvalue weighted by Crippen LogP contribution is 2.20. The summed E-state index contributed by atoms with van der Waals surface area (Å²) in [6.07, 6.45) is 1.59. The number of amides is 1. The van der Waals surface area contributed by atoms with Crippen molar-refractivity contribution in [2.75, 3.05) is 36.4 Å². The molecule has 0 unspecified atom stereocenters. The quantitative estimate of drug-likeness (QED) is 0.748. The van der Waals surface area contributed by atoms with E-state index in [1.54, 1.807) is 41.4 Å². The normalized spacial score (nSPS) is 14.2. The van der Waals surface area contributed by atoms with E-state index in [2.05, 4.69) is 20.4 Å². The average Bonchev–Trinajstić information content (AvgIpc) is 3.13. The number of carbonyl (C=O) groups is 1. The molecule has 28 heavy (non-hydrogen) atoms. The molecule has 1 amide bonds. The Hall–Kier alpha value is -3.42. The van der Waals surface area contributed by atoms with Crippen LogP contribution in [-0.2, 0) is 0 Å². The highest BCUT2D eigenvalue weighted by Gasteiger charge is 2.23. The van der Waals surface area contributed by atoms with Gasteiger partial charge in [0.15, 0.2) is 5.82 Å². The highest BCUT2D eigenvalue weighted by molar-refractivity contribution is 5.93. The molecule has 1 aromatic carbocycles. The molecule has 3 heterocycles. The minimum absolute atomic E-state index is 0.112. The fraction of sp³-hybridized carbons (Fsp3) is 0.250. The number of nitrogens with one attached hydrogen (secondary N) is 1. The van der Waals surface area contributed by atoms with Crippen molar-refractivity contribution in [1.82, 2.24) is 15.0 Å². The van der Waals surface area contributed by atoms with Crippen LogP contribution in [0.1, 0.15) is 16.2 Å². The summed E-state index contributed by atoms with van der Waals surface area (Å²) in [6, 6.07) is 11.7. The average molecular weight is 381 g/mol. The molecule has 0 radical (unpaired) electrons. The third-order valence-corrected chi connectivity index (χ3v) is 4.64. The number of carbonyl (C=O) groups excluding carboxylic acids is 1. The van der Waals surface area contributed by atoms with Gasteiger partial charge in [-0.2, -0.15) is 0 Å². The number of nitrogens with zero attached hydrogens (tertiary/aromatic N) is 4. The minimum Gasteiger partial charge on any atom is -0.368 e. The second-order valence-electron chi connectivity index (χ2n) is 6.63. The van der Waals surface area contributed by atoms with E-state index in [1.807, 2.05) is 6.92 Å². The van der Waals surface area contributed by atoms with Crippen molar-refractivity contribution in [3.63, 3.8) is 0 Å².